The van der Waals surface area contributed by atoms with Crippen LogP contribution in [-0.2, 0) is 11.2 Å². The van der Waals surface area contributed by atoms with Gasteiger partial charge in [-0.2, -0.15) is 0 Å². The summed E-state index contributed by atoms with van der Waals surface area (Å²) >= 11 is 0. The number of hydrogen-bond acceptors (Lipinski definition) is 2. The highest BCUT2D eigenvalue weighted by Gasteiger charge is 2.07. The maximum atomic E-state index is 11.8. The number of anilines is 1. The van der Waals surface area contributed by atoms with Gasteiger partial charge in [-0.1, -0.05) is 32.0 Å². The maximum absolute atomic E-state index is 11.8. The molecule has 0 saturated carbocycles. The standard InChI is InChI=1S/C16H24N2O3/c1-12(2)6-5-11-17-16(21)18-14-8-4-3-7-13(14)9-10-15(19)20/h3-4,7-8,12H,5-6,9-11H2,1-2H3,(H,19,20)(H2,17,18,21). The summed E-state index contributed by atoms with van der Waals surface area (Å²) in [7, 11) is 0. The van der Waals surface area contributed by atoms with Crippen molar-refractivity contribution >= 4 is 17.7 Å². The number of nitrogens with one attached hydrogen (secondary N) is 2. The number of urea groups is 1. The van der Waals surface area contributed by atoms with Crippen molar-refractivity contribution < 1.29 is 14.7 Å². The van der Waals surface area contributed by atoms with Crippen LogP contribution >= 0.6 is 0 Å². The highest BCUT2D eigenvalue weighted by Crippen LogP contribution is 2.16. The second kappa shape index (κ2) is 9.00. The molecule has 0 aliphatic heterocycles. The van der Waals surface area contributed by atoms with Crippen LogP contribution in [0.1, 0.15) is 38.7 Å². The number of hydrogen-bond donors (Lipinski definition) is 3. The molecule has 1 aromatic carbocycles. The molecule has 0 aliphatic rings. The largest absolute Gasteiger partial charge is 0.481 e. The van der Waals surface area contributed by atoms with E-state index in [9.17, 15) is 9.59 Å². The number of para-hydroxylation sites is 1. The minimum atomic E-state index is -0.844. The zero-order valence-electron chi connectivity index (χ0n) is 12.7. The topological polar surface area (TPSA) is 78.4 Å². The first-order valence-electron chi connectivity index (χ1n) is 7.33. The molecule has 0 spiro atoms. The van der Waals surface area contributed by atoms with E-state index in [0.717, 1.165) is 18.4 Å². The molecule has 2 amide bonds. The van der Waals surface area contributed by atoms with Crippen LogP contribution in [0.15, 0.2) is 24.3 Å². The number of carbonyl (C=O) groups excluding carboxylic acids is 1. The van der Waals surface area contributed by atoms with E-state index < -0.39 is 5.97 Å². The Labute approximate surface area is 125 Å². The summed E-state index contributed by atoms with van der Waals surface area (Å²) in [4.78, 5) is 22.4. The van der Waals surface area contributed by atoms with E-state index in [2.05, 4.69) is 24.5 Å². The highest BCUT2D eigenvalue weighted by atomic mass is 16.4. The Hall–Kier alpha value is -2.04. The predicted octanol–water partition coefficient (Wildman–Crippen LogP) is 3.26. The van der Waals surface area contributed by atoms with Gasteiger partial charge in [0.1, 0.15) is 0 Å². The summed E-state index contributed by atoms with van der Waals surface area (Å²) in [6.45, 7) is 4.94. The van der Waals surface area contributed by atoms with Gasteiger partial charge in [-0.25, -0.2) is 4.79 Å². The smallest absolute Gasteiger partial charge is 0.319 e. The van der Waals surface area contributed by atoms with Gasteiger partial charge in [-0.15, -0.1) is 0 Å². The Bertz CT molecular complexity index is 472. The molecule has 1 rings (SSSR count). The normalized spacial score (nSPS) is 10.4. The van der Waals surface area contributed by atoms with Crippen LogP contribution in [0.25, 0.3) is 0 Å². The van der Waals surface area contributed by atoms with E-state index in [1.807, 2.05) is 18.2 Å². The first kappa shape index (κ1) is 17.0. The maximum Gasteiger partial charge on any atom is 0.319 e. The Morgan fingerprint density at radius 2 is 1.95 bits per heavy atom. The van der Waals surface area contributed by atoms with Crippen molar-refractivity contribution in [1.82, 2.24) is 5.32 Å². The number of carboxylic acid groups (broad SMARTS) is 1. The summed E-state index contributed by atoms with van der Waals surface area (Å²) < 4.78 is 0. The molecular weight excluding hydrogens is 268 g/mol. The zero-order chi connectivity index (χ0) is 15.7. The van der Waals surface area contributed by atoms with Crippen molar-refractivity contribution in [3.05, 3.63) is 29.8 Å². The Morgan fingerprint density at radius 1 is 1.24 bits per heavy atom. The van der Waals surface area contributed by atoms with Crippen molar-refractivity contribution in [1.29, 1.82) is 0 Å². The second-order valence-electron chi connectivity index (χ2n) is 5.47. The molecule has 0 aromatic heterocycles. The molecule has 0 heterocycles. The van der Waals surface area contributed by atoms with Crippen LogP contribution in [0.5, 0.6) is 0 Å². The van der Waals surface area contributed by atoms with Crippen LogP contribution in [0.2, 0.25) is 0 Å². The molecule has 0 radical (unpaired) electrons. The molecule has 3 N–H and O–H groups in total. The van der Waals surface area contributed by atoms with E-state index >= 15 is 0 Å². The molecule has 0 bridgehead atoms. The van der Waals surface area contributed by atoms with Crippen LogP contribution < -0.4 is 10.6 Å². The number of aryl methyl sites for hydroxylation is 1. The van der Waals surface area contributed by atoms with Gasteiger partial charge in [0.2, 0.25) is 0 Å². The average Bonchev–Trinajstić information content (AvgIpc) is 2.42. The average molecular weight is 292 g/mol. The first-order chi connectivity index (χ1) is 9.99. The molecule has 5 heteroatoms. The SMILES string of the molecule is CC(C)CCCNC(=O)Nc1ccccc1CCC(=O)O. The van der Waals surface area contributed by atoms with Gasteiger partial charge in [-0.05, 0) is 36.8 Å². The third kappa shape index (κ3) is 7.34. The number of carbonyl (C=O) groups is 2. The van der Waals surface area contributed by atoms with Gasteiger partial charge in [0, 0.05) is 18.7 Å². The molecule has 0 unspecified atom stereocenters. The minimum absolute atomic E-state index is 0.0503. The summed E-state index contributed by atoms with van der Waals surface area (Å²) in [5.74, 6) is -0.213. The van der Waals surface area contributed by atoms with E-state index in [1.165, 1.54) is 0 Å². The zero-order valence-corrected chi connectivity index (χ0v) is 12.7. The Balaban J connectivity index is 2.46. The van der Waals surface area contributed by atoms with Crippen molar-refractivity contribution in [3.8, 4) is 0 Å². The van der Waals surface area contributed by atoms with E-state index in [4.69, 9.17) is 5.11 Å². The third-order valence-corrected chi connectivity index (χ3v) is 3.12. The monoisotopic (exact) mass is 292 g/mol. The summed E-state index contributed by atoms with van der Waals surface area (Å²) in [5, 5.41) is 14.3. The number of rotatable bonds is 8. The quantitative estimate of drug-likeness (QED) is 0.643. The lowest BCUT2D eigenvalue weighted by molar-refractivity contribution is -0.136. The fourth-order valence-corrected chi connectivity index (χ4v) is 1.98. The highest BCUT2D eigenvalue weighted by molar-refractivity contribution is 5.90. The van der Waals surface area contributed by atoms with Gasteiger partial charge in [-0.3, -0.25) is 4.79 Å². The second-order valence-corrected chi connectivity index (χ2v) is 5.47. The lowest BCUT2D eigenvalue weighted by Crippen LogP contribution is -2.30. The fraction of sp³-hybridized carbons (Fsp3) is 0.500. The van der Waals surface area contributed by atoms with E-state index in [-0.39, 0.29) is 12.5 Å². The van der Waals surface area contributed by atoms with Gasteiger partial charge in [0.15, 0.2) is 0 Å². The molecule has 21 heavy (non-hydrogen) atoms. The van der Waals surface area contributed by atoms with Crippen molar-refractivity contribution in [3.63, 3.8) is 0 Å². The molecule has 1 aromatic rings. The van der Waals surface area contributed by atoms with E-state index in [0.29, 0.717) is 24.6 Å². The summed E-state index contributed by atoms with van der Waals surface area (Å²) in [6, 6.07) is 7.02. The third-order valence-electron chi connectivity index (χ3n) is 3.12. The van der Waals surface area contributed by atoms with E-state index in [1.54, 1.807) is 6.07 Å². The van der Waals surface area contributed by atoms with Crippen LogP contribution in [0.4, 0.5) is 10.5 Å². The molecule has 0 saturated heterocycles. The lowest BCUT2D eigenvalue weighted by atomic mass is 10.1. The van der Waals surface area contributed by atoms with Gasteiger partial charge < -0.3 is 15.7 Å². The van der Waals surface area contributed by atoms with Crippen LogP contribution in [-0.4, -0.2) is 23.7 Å². The molecular formula is C16H24N2O3. The number of benzene rings is 1. The lowest BCUT2D eigenvalue weighted by Gasteiger charge is -2.12. The number of carboxylic acids is 1. The summed E-state index contributed by atoms with van der Waals surface area (Å²) in [6.07, 6.45) is 2.48. The fourth-order valence-electron chi connectivity index (χ4n) is 1.98. The van der Waals surface area contributed by atoms with Crippen molar-refractivity contribution in [2.45, 2.75) is 39.5 Å². The van der Waals surface area contributed by atoms with Crippen molar-refractivity contribution in [2.75, 3.05) is 11.9 Å². The van der Waals surface area contributed by atoms with Gasteiger partial charge >= 0.3 is 12.0 Å². The predicted molar refractivity (Wildman–Crippen MR) is 83.5 cm³/mol. The molecule has 116 valence electrons. The Morgan fingerprint density at radius 3 is 2.62 bits per heavy atom. The van der Waals surface area contributed by atoms with Crippen molar-refractivity contribution in [2.24, 2.45) is 5.92 Å². The van der Waals surface area contributed by atoms with Gasteiger partial charge in [0.05, 0.1) is 0 Å². The van der Waals surface area contributed by atoms with Crippen LogP contribution in [0, 0.1) is 5.92 Å². The summed E-state index contributed by atoms with van der Waals surface area (Å²) in [5.41, 5.74) is 1.50. The Kier molecular flexibility index (Phi) is 7.29. The molecule has 0 aliphatic carbocycles. The molecule has 5 nitrogen and oxygen atoms in total. The van der Waals surface area contributed by atoms with Gasteiger partial charge in [0.25, 0.3) is 0 Å². The molecule has 0 fully saturated rings. The first-order valence-corrected chi connectivity index (χ1v) is 7.33. The number of aliphatic carboxylic acids is 1. The minimum Gasteiger partial charge on any atom is -0.481 e. The van der Waals surface area contributed by atoms with Crippen LogP contribution in [0.3, 0.4) is 0 Å². The number of amides is 2. The molecule has 0 atom stereocenters.